The van der Waals surface area contributed by atoms with E-state index in [1.54, 1.807) is 21.1 Å². The first-order chi connectivity index (χ1) is 6.28. The largest absolute Gasteiger partial charge is 0.464 e. The van der Waals surface area contributed by atoms with Crippen LogP contribution in [0.15, 0.2) is 0 Å². The molecule has 0 saturated heterocycles. The number of hydrazine groups is 1. The number of rotatable bonds is 2. The van der Waals surface area contributed by atoms with Crippen LogP contribution in [0.4, 0.5) is 4.79 Å². The standard InChI is InChI=1S/C5H12O.C4H10N2O2/c1-5(2,3)6-4;1-3-6(5-2)4(7)8/h1-4H3;5H,3H2,1-2H3,(H,7,8). The summed E-state index contributed by atoms with van der Waals surface area (Å²) in [6, 6.07) is 0. The van der Waals surface area contributed by atoms with Gasteiger partial charge in [0.05, 0.1) is 5.60 Å². The molecule has 0 spiro atoms. The number of methoxy groups -OCH3 is 1. The lowest BCUT2D eigenvalue weighted by Crippen LogP contribution is -2.38. The van der Waals surface area contributed by atoms with Crippen LogP contribution in [0.25, 0.3) is 0 Å². The molecule has 0 aromatic rings. The minimum absolute atomic E-state index is 0.0417. The summed E-state index contributed by atoms with van der Waals surface area (Å²) < 4.78 is 4.94. The van der Waals surface area contributed by atoms with E-state index in [1.165, 1.54) is 0 Å². The van der Waals surface area contributed by atoms with E-state index in [-0.39, 0.29) is 5.60 Å². The van der Waals surface area contributed by atoms with Crippen molar-refractivity contribution in [2.75, 3.05) is 20.7 Å². The molecule has 0 unspecified atom stereocenters. The van der Waals surface area contributed by atoms with Crippen molar-refractivity contribution in [1.29, 1.82) is 0 Å². The Kier molecular flexibility index (Phi) is 8.48. The van der Waals surface area contributed by atoms with Crippen molar-refractivity contribution in [3.05, 3.63) is 0 Å². The van der Waals surface area contributed by atoms with Gasteiger partial charge in [0.2, 0.25) is 0 Å². The molecule has 14 heavy (non-hydrogen) atoms. The summed E-state index contributed by atoms with van der Waals surface area (Å²) in [5, 5.41) is 9.32. The van der Waals surface area contributed by atoms with E-state index in [1.807, 2.05) is 20.8 Å². The predicted octanol–water partition coefficient (Wildman–Crippen LogP) is 1.55. The Morgan fingerprint density at radius 3 is 1.86 bits per heavy atom. The van der Waals surface area contributed by atoms with Crippen LogP contribution in [0.2, 0.25) is 0 Å². The van der Waals surface area contributed by atoms with Gasteiger partial charge < -0.3 is 9.84 Å². The Labute approximate surface area is 86.0 Å². The SMILES string of the molecule is CCN(NC)C(=O)O.COC(C)(C)C. The summed E-state index contributed by atoms with van der Waals surface area (Å²) in [4.78, 5) is 10.0. The maximum Gasteiger partial charge on any atom is 0.421 e. The smallest absolute Gasteiger partial charge is 0.421 e. The van der Waals surface area contributed by atoms with Crippen LogP contribution >= 0.6 is 0 Å². The fourth-order valence-electron chi connectivity index (χ4n) is 0.389. The molecule has 0 fully saturated rings. The van der Waals surface area contributed by atoms with E-state index < -0.39 is 6.09 Å². The number of ether oxygens (including phenoxy) is 1. The molecular weight excluding hydrogens is 184 g/mol. The number of carbonyl (C=O) groups is 1. The van der Waals surface area contributed by atoms with Crippen molar-refractivity contribution >= 4 is 6.09 Å². The fraction of sp³-hybridized carbons (Fsp3) is 0.889. The second-order valence-electron chi connectivity index (χ2n) is 3.57. The van der Waals surface area contributed by atoms with Crippen LogP contribution < -0.4 is 5.43 Å². The van der Waals surface area contributed by atoms with Crippen molar-refractivity contribution in [1.82, 2.24) is 10.4 Å². The van der Waals surface area contributed by atoms with Crippen molar-refractivity contribution in [3.63, 3.8) is 0 Å². The molecule has 0 rings (SSSR count). The molecule has 0 atom stereocenters. The van der Waals surface area contributed by atoms with E-state index in [4.69, 9.17) is 9.84 Å². The molecule has 2 N–H and O–H groups in total. The molecular formula is C9H22N2O3. The zero-order valence-corrected chi connectivity index (χ0v) is 9.92. The molecule has 0 aromatic heterocycles. The molecule has 0 aliphatic carbocycles. The first-order valence-corrected chi connectivity index (χ1v) is 4.51. The molecule has 86 valence electrons. The quantitative estimate of drug-likeness (QED) is 0.673. The lowest BCUT2D eigenvalue weighted by atomic mass is 10.2. The maximum absolute atomic E-state index is 10.0. The molecule has 0 saturated carbocycles. The highest BCUT2D eigenvalue weighted by atomic mass is 16.5. The number of carboxylic acid groups (broad SMARTS) is 1. The zero-order chi connectivity index (χ0) is 11.8. The lowest BCUT2D eigenvalue weighted by Gasteiger charge is -2.14. The van der Waals surface area contributed by atoms with Crippen LogP contribution in [-0.2, 0) is 4.74 Å². The average molecular weight is 206 g/mol. The zero-order valence-electron chi connectivity index (χ0n) is 9.92. The van der Waals surface area contributed by atoms with Gasteiger partial charge in [-0.15, -0.1) is 0 Å². The van der Waals surface area contributed by atoms with Crippen LogP contribution in [0.5, 0.6) is 0 Å². The molecule has 0 bridgehead atoms. The predicted molar refractivity (Wildman–Crippen MR) is 56.2 cm³/mol. The van der Waals surface area contributed by atoms with E-state index in [0.29, 0.717) is 6.54 Å². The Morgan fingerprint density at radius 1 is 1.50 bits per heavy atom. The number of hydrogen-bond acceptors (Lipinski definition) is 3. The fourth-order valence-corrected chi connectivity index (χ4v) is 0.389. The van der Waals surface area contributed by atoms with Crippen LogP contribution in [0.1, 0.15) is 27.7 Å². The van der Waals surface area contributed by atoms with Crippen LogP contribution in [-0.4, -0.2) is 42.5 Å². The molecule has 1 amide bonds. The van der Waals surface area contributed by atoms with Gasteiger partial charge in [0.15, 0.2) is 0 Å². The van der Waals surface area contributed by atoms with Gasteiger partial charge in [0.25, 0.3) is 0 Å². The van der Waals surface area contributed by atoms with Gasteiger partial charge >= 0.3 is 6.09 Å². The monoisotopic (exact) mass is 206 g/mol. The van der Waals surface area contributed by atoms with Crippen LogP contribution in [0, 0.1) is 0 Å². The van der Waals surface area contributed by atoms with Crippen molar-refractivity contribution in [2.24, 2.45) is 0 Å². The third kappa shape index (κ3) is 11.2. The third-order valence-corrected chi connectivity index (χ3v) is 1.43. The summed E-state index contributed by atoms with van der Waals surface area (Å²) in [6.07, 6.45) is -0.949. The minimum atomic E-state index is -0.949. The highest BCUT2D eigenvalue weighted by Crippen LogP contribution is 2.02. The summed E-state index contributed by atoms with van der Waals surface area (Å²) in [5.41, 5.74) is 2.53. The Morgan fingerprint density at radius 2 is 1.86 bits per heavy atom. The summed E-state index contributed by atoms with van der Waals surface area (Å²) in [5.74, 6) is 0. The molecule has 0 heterocycles. The highest BCUT2D eigenvalue weighted by molar-refractivity contribution is 5.64. The van der Waals surface area contributed by atoms with Gasteiger partial charge in [0, 0.05) is 20.7 Å². The normalized spacial score (nSPS) is 10.1. The van der Waals surface area contributed by atoms with Gasteiger partial charge in [-0.2, -0.15) is 0 Å². The second kappa shape index (κ2) is 7.58. The van der Waals surface area contributed by atoms with Crippen LogP contribution in [0.3, 0.4) is 0 Å². The van der Waals surface area contributed by atoms with Gasteiger partial charge in [-0.25, -0.2) is 15.2 Å². The Bertz CT molecular complexity index is 151. The van der Waals surface area contributed by atoms with E-state index in [0.717, 1.165) is 5.01 Å². The van der Waals surface area contributed by atoms with Crippen molar-refractivity contribution in [2.45, 2.75) is 33.3 Å². The first kappa shape index (κ1) is 15.7. The topological polar surface area (TPSA) is 61.8 Å². The summed E-state index contributed by atoms with van der Waals surface area (Å²) in [7, 11) is 3.28. The van der Waals surface area contributed by atoms with Gasteiger partial charge in [-0.05, 0) is 27.7 Å². The average Bonchev–Trinajstić information content (AvgIpc) is 2.06. The number of amides is 1. The van der Waals surface area contributed by atoms with Gasteiger partial charge in [-0.3, -0.25) is 0 Å². The maximum atomic E-state index is 10.0. The number of nitrogens with one attached hydrogen (secondary N) is 1. The first-order valence-electron chi connectivity index (χ1n) is 4.51. The molecule has 0 radical (unpaired) electrons. The van der Waals surface area contributed by atoms with E-state index >= 15 is 0 Å². The number of nitrogens with zero attached hydrogens (tertiary/aromatic N) is 1. The van der Waals surface area contributed by atoms with Crippen molar-refractivity contribution in [3.8, 4) is 0 Å². The Balaban J connectivity index is 0. The second-order valence-corrected chi connectivity index (χ2v) is 3.57. The highest BCUT2D eigenvalue weighted by Gasteiger charge is 2.04. The molecule has 0 aliphatic heterocycles. The molecule has 0 aliphatic rings. The molecule has 5 nitrogen and oxygen atoms in total. The third-order valence-electron chi connectivity index (χ3n) is 1.43. The van der Waals surface area contributed by atoms with Gasteiger partial charge in [0.1, 0.15) is 0 Å². The Hall–Kier alpha value is -0.810. The minimum Gasteiger partial charge on any atom is -0.464 e. The number of hydrogen-bond donors (Lipinski definition) is 2. The van der Waals surface area contributed by atoms with E-state index in [2.05, 4.69) is 5.43 Å². The van der Waals surface area contributed by atoms with E-state index in [9.17, 15) is 4.79 Å². The van der Waals surface area contributed by atoms with Crippen molar-refractivity contribution < 1.29 is 14.6 Å². The van der Waals surface area contributed by atoms with Gasteiger partial charge in [-0.1, -0.05) is 0 Å². The lowest BCUT2D eigenvalue weighted by molar-refractivity contribution is 0.0397. The molecule has 0 aromatic carbocycles. The summed E-state index contributed by atoms with van der Waals surface area (Å²) >= 11 is 0. The summed E-state index contributed by atoms with van der Waals surface area (Å²) in [6.45, 7) is 8.28. The molecule has 5 heteroatoms.